The number of anilines is 1. The molecule has 1 aromatic rings. The van der Waals surface area contributed by atoms with Crippen molar-refractivity contribution in [2.45, 2.75) is 25.7 Å². The molecule has 5 nitrogen and oxygen atoms in total. The zero-order valence-electron chi connectivity index (χ0n) is 14.7. The van der Waals surface area contributed by atoms with E-state index in [4.69, 9.17) is 4.74 Å². The number of carbonyl (C=O) groups is 2. The number of benzene rings is 1. The van der Waals surface area contributed by atoms with E-state index >= 15 is 0 Å². The minimum Gasteiger partial charge on any atom is -0.378 e. The Labute approximate surface area is 152 Å². The van der Waals surface area contributed by atoms with Gasteiger partial charge in [0.05, 0.1) is 24.5 Å². The highest BCUT2D eigenvalue weighted by atomic mass is 19.1. The van der Waals surface area contributed by atoms with Gasteiger partial charge in [-0.3, -0.25) is 9.59 Å². The lowest BCUT2D eigenvalue weighted by Gasteiger charge is -2.25. The fourth-order valence-corrected chi connectivity index (χ4v) is 4.13. The number of nitrogens with zero attached hydrogens (tertiary/aromatic N) is 2. The first kappa shape index (κ1) is 17.2. The molecule has 6 heteroatoms. The molecule has 2 aliphatic heterocycles. The van der Waals surface area contributed by atoms with Gasteiger partial charge in [-0.05, 0) is 24.8 Å². The lowest BCUT2D eigenvalue weighted by atomic mass is 10.1. The molecule has 1 aromatic carbocycles. The lowest BCUT2D eigenvalue weighted by Crippen LogP contribution is -2.40. The second kappa shape index (κ2) is 7.19. The molecule has 0 atom stereocenters. The number of fused-ring (bicyclic) bond motifs is 1. The first-order valence-electron chi connectivity index (χ1n) is 9.34. The number of halogens is 1. The van der Waals surface area contributed by atoms with Gasteiger partial charge in [0.1, 0.15) is 5.82 Å². The number of amides is 2. The molecule has 2 fully saturated rings. The summed E-state index contributed by atoms with van der Waals surface area (Å²) in [6.45, 7) is 2.55. The summed E-state index contributed by atoms with van der Waals surface area (Å²) in [6.07, 6.45) is 5.84. The Morgan fingerprint density at radius 2 is 1.96 bits per heavy atom. The third-order valence-corrected chi connectivity index (χ3v) is 5.53. The number of carbonyl (C=O) groups excluding carboxylic acids is 2. The van der Waals surface area contributed by atoms with E-state index < -0.39 is 5.82 Å². The van der Waals surface area contributed by atoms with Gasteiger partial charge in [0.2, 0.25) is 5.91 Å². The molecule has 3 aliphatic rings. The van der Waals surface area contributed by atoms with E-state index in [0.717, 1.165) is 25.7 Å². The van der Waals surface area contributed by atoms with Crippen LogP contribution in [0.3, 0.4) is 0 Å². The standard InChI is InChI=1S/C20H23FN2O3/c21-17-7-3-6-15-16(12-18(24)22-8-10-26-11-9-22)20(25)23(19(15)17)13-14-4-1-2-5-14/h3,6-7,12,14H,1-2,4-5,8-11,13H2. The Kier molecular flexibility index (Phi) is 4.76. The van der Waals surface area contributed by atoms with Crippen LogP contribution in [0.1, 0.15) is 31.2 Å². The average Bonchev–Trinajstić information content (AvgIpc) is 3.26. The van der Waals surface area contributed by atoms with Crippen molar-refractivity contribution in [2.24, 2.45) is 5.92 Å². The molecule has 138 valence electrons. The molecule has 0 unspecified atom stereocenters. The van der Waals surface area contributed by atoms with E-state index in [1.54, 1.807) is 21.9 Å². The Morgan fingerprint density at radius 1 is 1.23 bits per heavy atom. The van der Waals surface area contributed by atoms with Gasteiger partial charge < -0.3 is 14.5 Å². The van der Waals surface area contributed by atoms with Gasteiger partial charge in [0.15, 0.2) is 0 Å². The van der Waals surface area contributed by atoms with Gasteiger partial charge >= 0.3 is 0 Å². The second-order valence-electron chi connectivity index (χ2n) is 7.20. The maximum atomic E-state index is 14.5. The fourth-order valence-electron chi connectivity index (χ4n) is 4.13. The predicted molar refractivity (Wildman–Crippen MR) is 96.1 cm³/mol. The summed E-state index contributed by atoms with van der Waals surface area (Å²) in [7, 11) is 0. The van der Waals surface area contributed by atoms with Crippen molar-refractivity contribution in [2.75, 3.05) is 37.7 Å². The third-order valence-electron chi connectivity index (χ3n) is 5.53. The van der Waals surface area contributed by atoms with E-state index in [0.29, 0.717) is 55.6 Å². The molecular formula is C20H23FN2O3. The summed E-state index contributed by atoms with van der Waals surface area (Å²) in [5, 5.41) is 0. The summed E-state index contributed by atoms with van der Waals surface area (Å²) in [5.41, 5.74) is 1.15. The maximum Gasteiger partial charge on any atom is 0.259 e. The Bertz CT molecular complexity index is 749. The van der Waals surface area contributed by atoms with Crippen LogP contribution in [0.2, 0.25) is 0 Å². The van der Waals surface area contributed by atoms with Crippen LogP contribution >= 0.6 is 0 Å². The number of hydrogen-bond acceptors (Lipinski definition) is 3. The van der Waals surface area contributed by atoms with Crippen LogP contribution < -0.4 is 4.90 Å². The molecule has 2 heterocycles. The molecule has 0 bridgehead atoms. The zero-order valence-corrected chi connectivity index (χ0v) is 14.7. The van der Waals surface area contributed by atoms with E-state index in [-0.39, 0.29) is 11.8 Å². The van der Waals surface area contributed by atoms with Crippen LogP contribution in [0.15, 0.2) is 24.3 Å². The first-order chi connectivity index (χ1) is 12.6. The predicted octanol–water partition coefficient (Wildman–Crippen LogP) is 2.60. The van der Waals surface area contributed by atoms with Crippen molar-refractivity contribution in [3.8, 4) is 0 Å². The minimum atomic E-state index is -0.406. The minimum absolute atomic E-state index is 0.213. The Morgan fingerprint density at radius 3 is 2.69 bits per heavy atom. The summed E-state index contributed by atoms with van der Waals surface area (Å²) < 4.78 is 19.8. The van der Waals surface area contributed by atoms with Crippen LogP contribution in [0.5, 0.6) is 0 Å². The molecule has 1 saturated heterocycles. The highest BCUT2D eigenvalue weighted by Gasteiger charge is 2.37. The molecular weight excluding hydrogens is 335 g/mol. The normalized spacial score (nSPS) is 22.3. The molecule has 1 aliphatic carbocycles. The van der Waals surface area contributed by atoms with Crippen LogP contribution in [0, 0.1) is 11.7 Å². The fraction of sp³-hybridized carbons (Fsp3) is 0.500. The molecule has 0 aromatic heterocycles. The van der Waals surface area contributed by atoms with Crippen LogP contribution in [-0.2, 0) is 14.3 Å². The maximum absolute atomic E-state index is 14.5. The van der Waals surface area contributed by atoms with Crippen molar-refractivity contribution in [1.82, 2.24) is 4.90 Å². The molecule has 0 spiro atoms. The Balaban J connectivity index is 1.65. The average molecular weight is 358 g/mol. The van der Waals surface area contributed by atoms with E-state index in [2.05, 4.69) is 0 Å². The number of para-hydroxylation sites is 1. The molecule has 0 N–H and O–H groups in total. The van der Waals surface area contributed by atoms with Crippen LogP contribution in [0.4, 0.5) is 10.1 Å². The lowest BCUT2D eigenvalue weighted by molar-refractivity contribution is -0.130. The smallest absolute Gasteiger partial charge is 0.259 e. The molecule has 1 saturated carbocycles. The quantitative estimate of drug-likeness (QED) is 0.781. The van der Waals surface area contributed by atoms with Crippen molar-refractivity contribution < 1.29 is 18.7 Å². The van der Waals surface area contributed by atoms with Crippen molar-refractivity contribution in [1.29, 1.82) is 0 Å². The summed E-state index contributed by atoms with van der Waals surface area (Å²) >= 11 is 0. The SMILES string of the molecule is O=C(C=C1C(=O)N(CC2CCCC2)c2c(F)cccc21)N1CCOCC1. The van der Waals surface area contributed by atoms with Crippen molar-refractivity contribution in [3.63, 3.8) is 0 Å². The van der Waals surface area contributed by atoms with Gasteiger partial charge in [0, 0.05) is 31.3 Å². The molecule has 2 amide bonds. The number of rotatable bonds is 3. The van der Waals surface area contributed by atoms with Crippen LogP contribution in [0.25, 0.3) is 5.57 Å². The van der Waals surface area contributed by atoms with Crippen LogP contribution in [-0.4, -0.2) is 49.6 Å². The van der Waals surface area contributed by atoms with Crippen molar-refractivity contribution in [3.05, 3.63) is 35.7 Å². The first-order valence-corrected chi connectivity index (χ1v) is 9.34. The Hall–Kier alpha value is -2.21. The summed E-state index contributed by atoms with van der Waals surface area (Å²) in [4.78, 5) is 28.8. The second-order valence-corrected chi connectivity index (χ2v) is 7.20. The molecule has 0 radical (unpaired) electrons. The highest BCUT2D eigenvalue weighted by molar-refractivity contribution is 6.34. The number of hydrogen-bond donors (Lipinski definition) is 0. The van der Waals surface area contributed by atoms with Crippen molar-refractivity contribution >= 4 is 23.1 Å². The van der Waals surface area contributed by atoms with E-state index in [1.807, 2.05) is 0 Å². The van der Waals surface area contributed by atoms with Gasteiger partial charge in [-0.15, -0.1) is 0 Å². The number of ether oxygens (including phenoxy) is 1. The van der Waals surface area contributed by atoms with E-state index in [9.17, 15) is 14.0 Å². The number of morpholine rings is 1. The largest absolute Gasteiger partial charge is 0.378 e. The van der Waals surface area contributed by atoms with Gasteiger partial charge in [-0.2, -0.15) is 0 Å². The monoisotopic (exact) mass is 358 g/mol. The third kappa shape index (κ3) is 3.14. The zero-order chi connectivity index (χ0) is 18.1. The molecule has 26 heavy (non-hydrogen) atoms. The van der Waals surface area contributed by atoms with Gasteiger partial charge in [-0.25, -0.2) is 4.39 Å². The summed E-state index contributed by atoms with van der Waals surface area (Å²) in [6, 6.07) is 4.69. The van der Waals surface area contributed by atoms with Gasteiger partial charge in [-0.1, -0.05) is 25.0 Å². The summed E-state index contributed by atoms with van der Waals surface area (Å²) in [5.74, 6) is -0.482. The molecule has 4 rings (SSSR count). The van der Waals surface area contributed by atoms with E-state index in [1.165, 1.54) is 12.1 Å². The highest BCUT2D eigenvalue weighted by Crippen LogP contribution is 2.40. The topological polar surface area (TPSA) is 49.9 Å². The van der Waals surface area contributed by atoms with Gasteiger partial charge in [0.25, 0.3) is 5.91 Å².